The molecule has 0 aromatic heterocycles. The zero-order valence-electron chi connectivity index (χ0n) is 11.2. The van der Waals surface area contributed by atoms with Crippen molar-refractivity contribution in [3.05, 3.63) is 65.2 Å². The summed E-state index contributed by atoms with van der Waals surface area (Å²) in [6.07, 6.45) is 1.08. The van der Waals surface area contributed by atoms with Crippen LogP contribution >= 0.6 is 0 Å². The molecule has 2 heteroatoms. The lowest BCUT2D eigenvalue weighted by atomic mass is 9.72. The fraction of sp³-hybridized carbons (Fsp3) is 0.294. The molecule has 1 saturated heterocycles. The maximum Gasteiger partial charge on any atom is 0.0669 e. The molecule has 1 fully saturated rings. The Hall–Kier alpha value is -1.80. The van der Waals surface area contributed by atoms with Gasteiger partial charge in [0.1, 0.15) is 0 Å². The number of hydrogen-bond donors (Lipinski definition) is 1. The third-order valence-electron chi connectivity index (χ3n) is 4.07. The number of benzene rings is 2. The van der Waals surface area contributed by atoms with Crippen molar-refractivity contribution in [3.63, 3.8) is 0 Å². The van der Waals surface area contributed by atoms with Crippen molar-refractivity contribution >= 4 is 5.69 Å². The predicted molar refractivity (Wildman–Crippen MR) is 78.3 cm³/mol. The minimum absolute atomic E-state index is 0.0139. The van der Waals surface area contributed by atoms with Gasteiger partial charge in [-0.15, -0.1) is 0 Å². The molecule has 0 aliphatic carbocycles. The topological polar surface area (TPSA) is 35.2 Å². The van der Waals surface area contributed by atoms with Gasteiger partial charge >= 0.3 is 0 Å². The molecule has 2 aromatic carbocycles. The molecule has 2 nitrogen and oxygen atoms in total. The number of ether oxygens (including phenoxy) is 1. The van der Waals surface area contributed by atoms with Crippen LogP contribution in [0, 0.1) is 0 Å². The van der Waals surface area contributed by atoms with Crippen LogP contribution < -0.4 is 5.73 Å². The van der Waals surface area contributed by atoms with E-state index in [-0.39, 0.29) is 5.41 Å². The van der Waals surface area contributed by atoms with Crippen LogP contribution in [-0.4, -0.2) is 13.2 Å². The van der Waals surface area contributed by atoms with E-state index in [1.54, 1.807) is 0 Å². The molecule has 0 unspecified atom stereocenters. The van der Waals surface area contributed by atoms with E-state index in [2.05, 4.69) is 43.3 Å². The standard InChI is InChI=1S/C17H19NO/c1-2-13-3-5-14(6-4-13)17(11-19-12-17)15-7-9-16(18)10-8-15/h3-10H,2,11-12,18H2,1H3. The van der Waals surface area contributed by atoms with E-state index in [9.17, 15) is 0 Å². The quantitative estimate of drug-likeness (QED) is 0.853. The molecule has 0 saturated carbocycles. The van der Waals surface area contributed by atoms with Crippen molar-refractivity contribution in [2.24, 2.45) is 0 Å². The van der Waals surface area contributed by atoms with Crippen molar-refractivity contribution in [2.75, 3.05) is 18.9 Å². The van der Waals surface area contributed by atoms with Crippen LogP contribution in [0.1, 0.15) is 23.6 Å². The summed E-state index contributed by atoms with van der Waals surface area (Å²) in [6, 6.07) is 17.1. The minimum Gasteiger partial charge on any atom is -0.399 e. The molecule has 2 aromatic rings. The molecule has 0 atom stereocenters. The van der Waals surface area contributed by atoms with Gasteiger partial charge in [0, 0.05) is 5.69 Å². The SMILES string of the molecule is CCc1ccc(C2(c3ccc(N)cc3)COC2)cc1. The Morgan fingerprint density at radius 3 is 1.89 bits per heavy atom. The molecule has 98 valence electrons. The van der Waals surface area contributed by atoms with Crippen LogP contribution in [0.3, 0.4) is 0 Å². The summed E-state index contributed by atoms with van der Waals surface area (Å²) in [6.45, 7) is 3.68. The lowest BCUT2D eigenvalue weighted by Gasteiger charge is -2.42. The zero-order valence-corrected chi connectivity index (χ0v) is 11.2. The van der Waals surface area contributed by atoms with Gasteiger partial charge in [0.15, 0.2) is 0 Å². The van der Waals surface area contributed by atoms with Crippen LogP contribution in [0.25, 0.3) is 0 Å². The lowest BCUT2D eigenvalue weighted by Crippen LogP contribution is -2.47. The third kappa shape index (κ3) is 2.02. The van der Waals surface area contributed by atoms with E-state index in [1.807, 2.05) is 12.1 Å². The van der Waals surface area contributed by atoms with E-state index < -0.39 is 0 Å². The van der Waals surface area contributed by atoms with E-state index in [0.717, 1.165) is 25.3 Å². The van der Waals surface area contributed by atoms with Crippen molar-refractivity contribution in [3.8, 4) is 0 Å². The molecule has 2 N–H and O–H groups in total. The average molecular weight is 253 g/mol. The van der Waals surface area contributed by atoms with Gasteiger partial charge in [0.05, 0.1) is 18.6 Å². The molecule has 0 radical (unpaired) electrons. The molecule has 0 spiro atoms. The van der Waals surface area contributed by atoms with Crippen LogP contribution in [0.15, 0.2) is 48.5 Å². The number of hydrogen-bond acceptors (Lipinski definition) is 2. The van der Waals surface area contributed by atoms with E-state index in [4.69, 9.17) is 10.5 Å². The Kier molecular flexibility index (Phi) is 3.03. The van der Waals surface area contributed by atoms with Gasteiger partial charge in [0.25, 0.3) is 0 Å². The van der Waals surface area contributed by atoms with Crippen LogP contribution in [0.4, 0.5) is 5.69 Å². The summed E-state index contributed by atoms with van der Waals surface area (Å²) in [7, 11) is 0. The fourth-order valence-corrected chi connectivity index (χ4v) is 2.67. The highest BCUT2D eigenvalue weighted by atomic mass is 16.5. The number of nitrogen functional groups attached to an aromatic ring is 1. The highest BCUT2D eigenvalue weighted by Crippen LogP contribution is 2.39. The van der Waals surface area contributed by atoms with Crippen molar-refractivity contribution < 1.29 is 4.74 Å². The summed E-state index contributed by atoms with van der Waals surface area (Å²) in [5, 5.41) is 0. The Morgan fingerprint density at radius 2 is 1.47 bits per heavy atom. The summed E-state index contributed by atoms with van der Waals surface area (Å²) >= 11 is 0. The Bertz CT molecular complexity index is 553. The normalized spacial score (nSPS) is 16.9. The van der Waals surface area contributed by atoms with Gasteiger partial charge in [-0.1, -0.05) is 43.3 Å². The number of nitrogens with two attached hydrogens (primary N) is 1. The Labute approximate surface area is 114 Å². The molecule has 1 aliphatic heterocycles. The molecule has 0 amide bonds. The van der Waals surface area contributed by atoms with Crippen molar-refractivity contribution in [2.45, 2.75) is 18.8 Å². The summed E-state index contributed by atoms with van der Waals surface area (Å²) in [4.78, 5) is 0. The van der Waals surface area contributed by atoms with Gasteiger partial charge in [-0.05, 0) is 35.2 Å². The first-order valence-corrected chi connectivity index (χ1v) is 6.78. The van der Waals surface area contributed by atoms with Crippen molar-refractivity contribution in [1.29, 1.82) is 0 Å². The van der Waals surface area contributed by atoms with Gasteiger partial charge in [-0.2, -0.15) is 0 Å². The first-order valence-electron chi connectivity index (χ1n) is 6.78. The summed E-state index contributed by atoms with van der Waals surface area (Å²) < 4.78 is 5.50. The van der Waals surface area contributed by atoms with Crippen LogP contribution in [-0.2, 0) is 16.6 Å². The maximum absolute atomic E-state index is 5.77. The largest absolute Gasteiger partial charge is 0.399 e. The van der Waals surface area contributed by atoms with Gasteiger partial charge in [-0.25, -0.2) is 0 Å². The minimum atomic E-state index is 0.0139. The highest BCUT2D eigenvalue weighted by molar-refractivity contribution is 5.47. The molecular formula is C17H19NO. The molecule has 0 bridgehead atoms. The number of rotatable bonds is 3. The zero-order chi connectivity index (χ0) is 13.3. The van der Waals surface area contributed by atoms with E-state index in [1.165, 1.54) is 16.7 Å². The lowest BCUT2D eigenvalue weighted by molar-refractivity contribution is -0.0379. The molecule has 1 heterocycles. The first kappa shape index (κ1) is 12.2. The van der Waals surface area contributed by atoms with Gasteiger partial charge in [0.2, 0.25) is 0 Å². The Morgan fingerprint density at radius 1 is 0.947 bits per heavy atom. The Balaban J connectivity index is 2.00. The molecule has 1 aliphatic rings. The number of aryl methyl sites for hydroxylation is 1. The van der Waals surface area contributed by atoms with Crippen LogP contribution in [0.2, 0.25) is 0 Å². The first-order chi connectivity index (χ1) is 9.24. The second-order valence-corrected chi connectivity index (χ2v) is 5.25. The maximum atomic E-state index is 5.77. The number of anilines is 1. The van der Waals surface area contributed by atoms with Gasteiger partial charge < -0.3 is 10.5 Å². The molecule has 3 rings (SSSR count). The predicted octanol–water partition coefficient (Wildman–Crippen LogP) is 3.15. The van der Waals surface area contributed by atoms with E-state index >= 15 is 0 Å². The highest BCUT2D eigenvalue weighted by Gasteiger charge is 2.41. The average Bonchev–Trinajstić information content (AvgIpc) is 2.40. The smallest absolute Gasteiger partial charge is 0.0669 e. The summed E-state index contributed by atoms with van der Waals surface area (Å²) in [5.74, 6) is 0. The monoisotopic (exact) mass is 253 g/mol. The van der Waals surface area contributed by atoms with Crippen LogP contribution in [0.5, 0.6) is 0 Å². The summed E-state index contributed by atoms with van der Waals surface area (Å²) in [5.41, 5.74) is 10.6. The van der Waals surface area contributed by atoms with Gasteiger partial charge in [-0.3, -0.25) is 0 Å². The van der Waals surface area contributed by atoms with Crippen molar-refractivity contribution in [1.82, 2.24) is 0 Å². The second-order valence-electron chi connectivity index (χ2n) is 5.25. The fourth-order valence-electron chi connectivity index (χ4n) is 2.67. The van der Waals surface area contributed by atoms with E-state index in [0.29, 0.717) is 0 Å². The molecular weight excluding hydrogens is 234 g/mol. The third-order valence-corrected chi connectivity index (χ3v) is 4.07. The molecule has 19 heavy (non-hydrogen) atoms. The second kappa shape index (κ2) is 4.71.